The third kappa shape index (κ3) is 8.07. The minimum absolute atomic E-state index is 0.0911. The van der Waals surface area contributed by atoms with Crippen molar-refractivity contribution >= 4 is 56.5 Å². The molecule has 0 bridgehead atoms. The van der Waals surface area contributed by atoms with Crippen molar-refractivity contribution in [3.63, 3.8) is 0 Å². The quantitative estimate of drug-likeness (QED) is 0.156. The van der Waals surface area contributed by atoms with Gasteiger partial charge in [-0.25, -0.2) is 22.8 Å². The molecule has 0 heterocycles. The number of anilines is 5. The van der Waals surface area contributed by atoms with Crippen molar-refractivity contribution in [2.45, 2.75) is 11.8 Å². The summed E-state index contributed by atoms with van der Waals surface area (Å²) < 4.78 is 34.2. The van der Waals surface area contributed by atoms with Crippen LogP contribution in [0.5, 0.6) is 0 Å². The molecule has 0 saturated carbocycles. The van der Waals surface area contributed by atoms with Crippen molar-refractivity contribution in [2.75, 3.05) is 32.6 Å². The van der Waals surface area contributed by atoms with E-state index in [1.165, 1.54) is 42.5 Å². The molecule has 0 aromatic heterocycles. The summed E-state index contributed by atoms with van der Waals surface area (Å²) in [6.45, 7) is 1.89. The summed E-state index contributed by atoms with van der Waals surface area (Å²) >= 11 is 0. The van der Waals surface area contributed by atoms with E-state index in [4.69, 9.17) is 4.74 Å². The van der Waals surface area contributed by atoms with Gasteiger partial charge >= 0.3 is 18.0 Å². The number of ether oxygens (including phenoxy) is 1. The molecular formula is C29H27N5O6S. The zero-order chi connectivity index (χ0) is 29.2. The lowest BCUT2D eigenvalue weighted by molar-refractivity contribution is 0.0526. The molecule has 0 spiro atoms. The van der Waals surface area contributed by atoms with Crippen molar-refractivity contribution in [3.05, 3.63) is 109 Å². The summed E-state index contributed by atoms with van der Waals surface area (Å²) in [6, 6.07) is 25.8. The number of esters is 1. The molecule has 11 nitrogen and oxygen atoms in total. The van der Waals surface area contributed by atoms with E-state index in [0.717, 1.165) is 0 Å². The summed E-state index contributed by atoms with van der Waals surface area (Å²) in [5, 5.41) is 10.5. The largest absolute Gasteiger partial charge is 0.462 e. The predicted molar refractivity (Wildman–Crippen MR) is 158 cm³/mol. The van der Waals surface area contributed by atoms with E-state index in [2.05, 4.69) is 26.0 Å². The van der Waals surface area contributed by atoms with E-state index in [-0.39, 0.29) is 34.1 Å². The molecule has 4 aromatic rings. The van der Waals surface area contributed by atoms with Gasteiger partial charge in [-0.1, -0.05) is 36.4 Å². The molecule has 0 aliphatic heterocycles. The highest BCUT2D eigenvalue weighted by Crippen LogP contribution is 2.28. The molecule has 4 aromatic carbocycles. The lowest BCUT2D eigenvalue weighted by Gasteiger charge is -2.16. The molecule has 5 N–H and O–H groups in total. The van der Waals surface area contributed by atoms with Crippen LogP contribution in [0.4, 0.5) is 38.0 Å². The molecule has 4 rings (SSSR count). The van der Waals surface area contributed by atoms with E-state index in [1.54, 1.807) is 61.5 Å². The Bertz CT molecular complexity index is 1630. The highest BCUT2D eigenvalue weighted by Gasteiger charge is 2.22. The SMILES string of the molecule is CCOC(=O)c1ccc(NS(=O)(=O)c2ccc(NC(=O)Nc3ccccc3)cc2NC(=O)Nc2ccccc2)cc1. The van der Waals surface area contributed by atoms with Crippen molar-refractivity contribution in [3.8, 4) is 0 Å². The molecule has 12 heteroatoms. The molecule has 0 unspecified atom stereocenters. The number of carbonyl (C=O) groups is 3. The number of carbonyl (C=O) groups excluding carboxylic acids is 3. The number of sulfonamides is 1. The van der Waals surface area contributed by atoms with Gasteiger partial charge in [0.25, 0.3) is 10.0 Å². The van der Waals surface area contributed by atoms with Crippen LogP contribution in [-0.2, 0) is 14.8 Å². The number of hydrogen-bond donors (Lipinski definition) is 5. The molecule has 0 aliphatic rings. The zero-order valence-electron chi connectivity index (χ0n) is 21.9. The second-order valence-corrected chi connectivity index (χ2v) is 10.2. The van der Waals surface area contributed by atoms with Crippen LogP contribution < -0.4 is 26.0 Å². The fourth-order valence-electron chi connectivity index (χ4n) is 3.66. The predicted octanol–water partition coefficient (Wildman–Crippen LogP) is 5.95. The van der Waals surface area contributed by atoms with Crippen LogP contribution in [0.3, 0.4) is 0 Å². The number of benzene rings is 4. The van der Waals surface area contributed by atoms with Crippen LogP contribution >= 0.6 is 0 Å². The molecule has 0 atom stereocenters. The maximum atomic E-state index is 13.4. The molecule has 0 aliphatic carbocycles. The van der Waals surface area contributed by atoms with Gasteiger partial charge < -0.3 is 26.0 Å². The van der Waals surface area contributed by atoms with E-state index in [1.807, 2.05) is 6.07 Å². The first-order valence-corrected chi connectivity index (χ1v) is 13.9. The van der Waals surface area contributed by atoms with Gasteiger partial charge in [-0.3, -0.25) is 4.72 Å². The fourth-order valence-corrected chi connectivity index (χ4v) is 4.86. The van der Waals surface area contributed by atoms with Crippen LogP contribution in [0.15, 0.2) is 108 Å². The third-order valence-corrected chi connectivity index (χ3v) is 6.93. The zero-order valence-corrected chi connectivity index (χ0v) is 22.7. The van der Waals surface area contributed by atoms with Gasteiger partial charge in [-0.15, -0.1) is 0 Å². The van der Waals surface area contributed by atoms with Gasteiger partial charge in [0.15, 0.2) is 0 Å². The van der Waals surface area contributed by atoms with Gasteiger partial charge in [0.2, 0.25) is 0 Å². The second-order valence-electron chi connectivity index (χ2n) is 8.50. The fraction of sp³-hybridized carbons (Fsp3) is 0.0690. The topological polar surface area (TPSA) is 155 Å². The maximum Gasteiger partial charge on any atom is 0.338 e. The lowest BCUT2D eigenvalue weighted by atomic mass is 10.2. The Hall–Kier alpha value is -5.36. The van der Waals surface area contributed by atoms with Crippen LogP contribution in [0.25, 0.3) is 0 Å². The average molecular weight is 574 g/mol. The first-order chi connectivity index (χ1) is 19.7. The molecule has 0 radical (unpaired) electrons. The minimum atomic E-state index is -4.24. The molecule has 210 valence electrons. The van der Waals surface area contributed by atoms with Crippen molar-refractivity contribution < 1.29 is 27.5 Å². The Balaban J connectivity index is 1.58. The average Bonchev–Trinajstić information content (AvgIpc) is 2.94. The molecule has 0 fully saturated rings. The Morgan fingerprint density at radius 3 is 1.71 bits per heavy atom. The summed E-state index contributed by atoms with van der Waals surface area (Å²) in [5.74, 6) is -0.530. The summed E-state index contributed by atoms with van der Waals surface area (Å²) in [7, 11) is -4.24. The van der Waals surface area contributed by atoms with Crippen LogP contribution in [-0.4, -0.2) is 33.1 Å². The van der Waals surface area contributed by atoms with Gasteiger partial charge in [-0.2, -0.15) is 0 Å². The first-order valence-electron chi connectivity index (χ1n) is 12.4. The molecule has 0 saturated heterocycles. The normalized spacial score (nSPS) is 10.7. The van der Waals surface area contributed by atoms with Gasteiger partial charge in [0.1, 0.15) is 4.90 Å². The van der Waals surface area contributed by atoms with Crippen LogP contribution in [0, 0.1) is 0 Å². The molecule has 4 amide bonds. The van der Waals surface area contributed by atoms with E-state index in [0.29, 0.717) is 11.4 Å². The van der Waals surface area contributed by atoms with E-state index in [9.17, 15) is 22.8 Å². The number of rotatable bonds is 9. The standard InChI is InChI=1S/C29H27N5O6S/c1-2-40-27(35)20-13-15-23(16-14-20)34-41(38,39)26-18-17-24(32-28(36)30-21-9-5-3-6-10-21)19-25(26)33-29(37)31-22-11-7-4-8-12-22/h3-19,34H,2H2,1H3,(H2,30,32,36)(H2,31,33,37). The third-order valence-electron chi connectivity index (χ3n) is 5.49. The van der Waals surface area contributed by atoms with E-state index >= 15 is 0 Å². The van der Waals surface area contributed by atoms with Crippen molar-refractivity contribution in [1.29, 1.82) is 0 Å². The Kier molecular flexibility index (Phi) is 9.17. The second kappa shape index (κ2) is 13.1. The smallest absolute Gasteiger partial charge is 0.338 e. The Morgan fingerprint density at radius 1 is 0.634 bits per heavy atom. The summed E-state index contributed by atoms with van der Waals surface area (Å²) in [5.41, 5.74) is 1.63. The highest BCUT2D eigenvalue weighted by molar-refractivity contribution is 7.92. The first kappa shape index (κ1) is 28.6. The van der Waals surface area contributed by atoms with Gasteiger partial charge in [0, 0.05) is 22.7 Å². The maximum absolute atomic E-state index is 13.4. The Morgan fingerprint density at radius 2 is 1.15 bits per heavy atom. The number of amides is 4. The monoisotopic (exact) mass is 573 g/mol. The number of para-hydroxylation sites is 2. The minimum Gasteiger partial charge on any atom is -0.462 e. The summed E-state index contributed by atoms with van der Waals surface area (Å²) in [6.07, 6.45) is 0. The van der Waals surface area contributed by atoms with Crippen LogP contribution in [0.2, 0.25) is 0 Å². The van der Waals surface area contributed by atoms with E-state index < -0.39 is 28.1 Å². The Labute approximate surface area is 237 Å². The summed E-state index contributed by atoms with van der Waals surface area (Å²) in [4.78, 5) is 36.9. The number of urea groups is 2. The van der Waals surface area contributed by atoms with Crippen molar-refractivity contribution in [1.82, 2.24) is 0 Å². The number of nitrogens with one attached hydrogen (secondary N) is 5. The number of hydrogen-bond acceptors (Lipinski definition) is 6. The molecule has 41 heavy (non-hydrogen) atoms. The lowest BCUT2D eigenvalue weighted by Crippen LogP contribution is -2.23. The van der Waals surface area contributed by atoms with Gasteiger partial charge in [0.05, 0.1) is 17.9 Å². The highest BCUT2D eigenvalue weighted by atomic mass is 32.2. The van der Waals surface area contributed by atoms with Crippen LogP contribution in [0.1, 0.15) is 17.3 Å². The van der Waals surface area contributed by atoms with Gasteiger partial charge in [-0.05, 0) is 73.7 Å². The molecular weight excluding hydrogens is 546 g/mol. The van der Waals surface area contributed by atoms with Crippen molar-refractivity contribution in [2.24, 2.45) is 0 Å².